The van der Waals surface area contributed by atoms with Crippen LogP contribution in [0.15, 0.2) is 15.4 Å². The van der Waals surface area contributed by atoms with Crippen molar-refractivity contribution in [2.75, 3.05) is 0 Å². The van der Waals surface area contributed by atoms with Gasteiger partial charge in [0.15, 0.2) is 5.82 Å². The van der Waals surface area contributed by atoms with E-state index in [1.807, 2.05) is 0 Å². The number of halogens is 4. The predicted molar refractivity (Wildman–Crippen MR) is 78.9 cm³/mol. The third-order valence-corrected chi connectivity index (χ3v) is 5.17. The van der Waals surface area contributed by atoms with Crippen molar-refractivity contribution in [2.45, 2.75) is 37.6 Å². The fraction of sp³-hybridized carbons (Fsp3) is 0.417. The highest BCUT2D eigenvalue weighted by molar-refractivity contribution is 9.10. The Bertz CT molecular complexity index is 692. The highest BCUT2D eigenvalue weighted by Crippen LogP contribution is 2.32. The Hall–Kier alpha value is -0.730. The number of carbonyl (C=O) groups excluding carboxylic acids is 1. The first kappa shape index (κ1) is 18.3. The van der Waals surface area contributed by atoms with Gasteiger partial charge >= 0.3 is 0 Å². The van der Waals surface area contributed by atoms with Gasteiger partial charge in [0.1, 0.15) is 16.3 Å². The topological polar surface area (TPSA) is 63.2 Å². The van der Waals surface area contributed by atoms with E-state index in [2.05, 4.69) is 21.2 Å². The van der Waals surface area contributed by atoms with Crippen LogP contribution < -0.4 is 5.32 Å². The average molecular weight is 405 g/mol. The first-order valence-corrected chi connectivity index (χ1v) is 8.95. The van der Waals surface area contributed by atoms with Crippen molar-refractivity contribution in [3.63, 3.8) is 0 Å². The summed E-state index contributed by atoms with van der Waals surface area (Å²) >= 11 is 2.72. The molecule has 4 nitrogen and oxygen atoms in total. The van der Waals surface area contributed by atoms with Gasteiger partial charge in [-0.3, -0.25) is 4.79 Å². The van der Waals surface area contributed by atoms with Crippen molar-refractivity contribution in [3.05, 3.63) is 27.7 Å². The Labute approximate surface area is 134 Å². The van der Waals surface area contributed by atoms with Crippen LogP contribution in [0.2, 0.25) is 0 Å². The zero-order valence-electron chi connectivity index (χ0n) is 11.4. The number of hydrogen-bond donors (Lipinski definition) is 1. The minimum atomic E-state index is -4.48. The fourth-order valence-electron chi connectivity index (χ4n) is 1.46. The van der Waals surface area contributed by atoms with E-state index in [0.717, 1.165) is 0 Å². The first-order valence-electron chi connectivity index (χ1n) is 5.85. The number of hydrogen-bond acceptors (Lipinski definition) is 3. The molecule has 1 amide bonds. The average Bonchev–Trinajstić information content (AvgIpc) is 2.24. The zero-order valence-corrected chi connectivity index (χ0v) is 14.6. The molecule has 118 valence electrons. The van der Waals surface area contributed by atoms with E-state index in [1.165, 1.54) is 0 Å². The Morgan fingerprint density at radius 1 is 1.43 bits per heavy atom. The molecule has 1 rings (SSSR count). The van der Waals surface area contributed by atoms with Crippen molar-refractivity contribution in [2.24, 2.45) is 0 Å². The summed E-state index contributed by atoms with van der Waals surface area (Å²) in [6, 6.07) is 0.687. The second kappa shape index (κ2) is 6.18. The predicted octanol–water partition coefficient (Wildman–Crippen LogP) is 3.57. The summed E-state index contributed by atoms with van der Waals surface area (Å²) in [4.78, 5) is 11.0. The second-order valence-electron chi connectivity index (χ2n) is 4.99. The van der Waals surface area contributed by atoms with Crippen LogP contribution in [0.3, 0.4) is 0 Å². The van der Waals surface area contributed by atoms with Gasteiger partial charge in [-0.25, -0.2) is 17.2 Å². The maximum atomic E-state index is 14.2. The van der Waals surface area contributed by atoms with Crippen molar-refractivity contribution < 1.29 is 22.0 Å². The molecule has 0 saturated heterocycles. The Morgan fingerprint density at radius 2 is 1.95 bits per heavy atom. The molecule has 0 fully saturated rings. The van der Waals surface area contributed by atoms with Gasteiger partial charge in [-0.1, -0.05) is 6.92 Å². The SMILES string of the molecule is CCC(C)(C)NC(=O)c1c(F)cc(Br)c(S(=O)(=O)Cl)c1F. The van der Waals surface area contributed by atoms with E-state index in [0.29, 0.717) is 12.5 Å². The molecule has 1 N–H and O–H groups in total. The van der Waals surface area contributed by atoms with Crippen molar-refractivity contribution in [1.82, 2.24) is 5.32 Å². The highest BCUT2D eigenvalue weighted by atomic mass is 79.9. The lowest BCUT2D eigenvalue weighted by Crippen LogP contribution is -2.43. The molecule has 1 aromatic carbocycles. The van der Waals surface area contributed by atoms with Gasteiger partial charge < -0.3 is 5.32 Å². The summed E-state index contributed by atoms with van der Waals surface area (Å²) in [6.45, 7) is 5.11. The van der Waals surface area contributed by atoms with Gasteiger partial charge in [0, 0.05) is 20.7 Å². The van der Waals surface area contributed by atoms with E-state index in [4.69, 9.17) is 10.7 Å². The summed E-state index contributed by atoms with van der Waals surface area (Å²) in [5.74, 6) is -3.76. The molecule has 0 saturated carbocycles. The number of nitrogens with one attached hydrogen (secondary N) is 1. The van der Waals surface area contributed by atoms with Gasteiger partial charge in [0.25, 0.3) is 15.0 Å². The molecule has 0 heterocycles. The van der Waals surface area contributed by atoms with E-state index in [1.54, 1.807) is 20.8 Å². The smallest absolute Gasteiger partial charge is 0.265 e. The molecule has 0 spiro atoms. The molecule has 9 heteroatoms. The second-order valence-corrected chi connectivity index (χ2v) is 8.34. The molecule has 0 aromatic heterocycles. The monoisotopic (exact) mass is 403 g/mol. The molecular weight excluding hydrogens is 392 g/mol. The van der Waals surface area contributed by atoms with Crippen LogP contribution in [0.5, 0.6) is 0 Å². The van der Waals surface area contributed by atoms with Crippen molar-refractivity contribution in [3.8, 4) is 0 Å². The van der Waals surface area contributed by atoms with Gasteiger partial charge in [-0.15, -0.1) is 0 Å². The molecule has 0 aliphatic heterocycles. The van der Waals surface area contributed by atoms with Crippen LogP contribution in [-0.2, 0) is 9.05 Å². The molecule has 1 aromatic rings. The van der Waals surface area contributed by atoms with E-state index in [9.17, 15) is 22.0 Å². The summed E-state index contributed by atoms with van der Waals surface area (Å²) in [5.41, 5.74) is -1.69. The summed E-state index contributed by atoms with van der Waals surface area (Å²) in [6.07, 6.45) is 0.513. The summed E-state index contributed by atoms with van der Waals surface area (Å²) in [5, 5.41) is 2.43. The zero-order chi connectivity index (χ0) is 16.6. The molecule has 0 atom stereocenters. The Balaban J connectivity index is 3.48. The molecule has 21 heavy (non-hydrogen) atoms. The third kappa shape index (κ3) is 4.14. The van der Waals surface area contributed by atoms with Crippen LogP contribution in [0.25, 0.3) is 0 Å². The fourth-order valence-corrected chi connectivity index (χ4v) is 3.82. The molecule has 0 aliphatic carbocycles. The lowest BCUT2D eigenvalue weighted by atomic mass is 10.0. The van der Waals surface area contributed by atoms with Crippen LogP contribution in [0.4, 0.5) is 8.78 Å². The van der Waals surface area contributed by atoms with Crippen molar-refractivity contribution in [1.29, 1.82) is 0 Å². The van der Waals surface area contributed by atoms with Crippen LogP contribution >= 0.6 is 26.6 Å². The number of amides is 1. The maximum Gasteiger partial charge on any atom is 0.265 e. The largest absolute Gasteiger partial charge is 0.347 e. The molecule has 0 aliphatic rings. The summed E-state index contributed by atoms with van der Waals surface area (Å²) < 4.78 is 50.4. The van der Waals surface area contributed by atoms with Crippen LogP contribution in [-0.4, -0.2) is 19.9 Å². The standard InChI is InChI=1S/C12H13BrClF2NO3S/c1-4-12(2,3)17-11(18)8-7(15)5-6(13)10(9(8)16)21(14,19)20/h5H,4H2,1-3H3,(H,17,18). The molecular formula is C12H13BrClF2NO3S. The minimum Gasteiger partial charge on any atom is -0.347 e. The molecule has 0 radical (unpaired) electrons. The van der Waals surface area contributed by atoms with Gasteiger partial charge in [0.05, 0.1) is 0 Å². The number of carbonyl (C=O) groups is 1. The van der Waals surface area contributed by atoms with Gasteiger partial charge in [0.2, 0.25) is 0 Å². The number of benzene rings is 1. The number of rotatable bonds is 4. The van der Waals surface area contributed by atoms with E-state index < -0.39 is 42.6 Å². The van der Waals surface area contributed by atoms with Gasteiger partial charge in [-0.2, -0.15) is 0 Å². The lowest BCUT2D eigenvalue weighted by molar-refractivity contribution is 0.0902. The third-order valence-electron chi connectivity index (χ3n) is 2.93. The van der Waals surface area contributed by atoms with Gasteiger partial charge in [-0.05, 0) is 42.3 Å². The highest BCUT2D eigenvalue weighted by Gasteiger charge is 2.31. The van der Waals surface area contributed by atoms with Crippen LogP contribution in [0, 0.1) is 11.6 Å². The normalized spacial score (nSPS) is 12.3. The first-order chi connectivity index (χ1) is 9.40. The Morgan fingerprint density at radius 3 is 2.38 bits per heavy atom. The van der Waals surface area contributed by atoms with Crippen molar-refractivity contribution >= 4 is 41.6 Å². The minimum absolute atomic E-state index is 0.390. The molecule has 0 bridgehead atoms. The maximum absolute atomic E-state index is 14.2. The quantitative estimate of drug-likeness (QED) is 0.780. The Kier molecular flexibility index (Phi) is 5.39. The van der Waals surface area contributed by atoms with E-state index in [-0.39, 0.29) is 4.47 Å². The summed E-state index contributed by atoms with van der Waals surface area (Å²) in [7, 11) is 0.624. The van der Waals surface area contributed by atoms with E-state index >= 15 is 0 Å². The lowest BCUT2D eigenvalue weighted by Gasteiger charge is -2.24. The molecule has 0 unspecified atom stereocenters. The van der Waals surface area contributed by atoms with Crippen LogP contribution in [0.1, 0.15) is 37.6 Å².